The van der Waals surface area contributed by atoms with Gasteiger partial charge in [0.2, 0.25) is 0 Å². The van der Waals surface area contributed by atoms with Gasteiger partial charge in [0, 0.05) is 0 Å². The first-order valence-corrected chi connectivity index (χ1v) is 8.68. The minimum absolute atomic E-state index is 0.383. The first-order valence-electron chi connectivity index (χ1n) is 8.68. The van der Waals surface area contributed by atoms with Gasteiger partial charge in [-0.3, -0.25) is 0 Å². The van der Waals surface area contributed by atoms with Crippen LogP contribution in [-0.4, -0.2) is 11.9 Å². The number of hydrogen-bond donors (Lipinski definition) is 0. The van der Waals surface area contributed by atoms with Crippen LogP contribution in [0.15, 0.2) is 36.4 Å². The van der Waals surface area contributed by atoms with Crippen LogP contribution in [0.2, 0.25) is 0 Å². The van der Waals surface area contributed by atoms with E-state index < -0.39 is 11.9 Å². The van der Waals surface area contributed by atoms with Gasteiger partial charge in [-0.1, -0.05) is 39.8 Å². The Labute approximate surface area is 150 Å². The number of carbonyl (C=O) groups is 2. The third-order valence-corrected chi connectivity index (χ3v) is 4.44. The molecule has 0 aromatic heterocycles. The summed E-state index contributed by atoms with van der Waals surface area (Å²) in [7, 11) is 0. The van der Waals surface area contributed by atoms with Crippen LogP contribution in [0, 0.1) is 13.8 Å². The maximum Gasteiger partial charge on any atom is 0.346 e. The molecule has 0 radical (unpaired) electrons. The van der Waals surface area contributed by atoms with Gasteiger partial charge in [-0.15, -0.1) is 0 Å². The van der Waals surface area contributed by atoms with E-state index in [1.807, 2.05) is 26.0 Å². The molecule has 0 fully saturated rings. The summed E-state index contributed by atoms with van der Waals surface area (Å²) in [5, 5.41) is 0. The molecule has 0 unspecified atom stereocenters. The summed E-state index contributed by atoms with van der Waals surface area (Å²) < 4.78 is 5.06. The van der Waals surface area contributed by atoms with Gasteiger partial charge in [0.05, 0.1) is 11.1 Å². The molecule has 0 amide bonds. The van der Waals surface area contributed by atoms with Gasteiger partial charge in [-0.05, 0) is 72.2 Å². The summed E-state index contributed by atoms with van der Waals surface area (Å²) in [6.07, 6.45) is 0. The Morgan fingerprint density at radius 1 is 0.720 bits per heavy atom. The molecule has 3 heteroatoms. The van der Waals surface area contributed by atoms with E-state index in [2.05, 4.69) is 27.7 Å². The van der Waals surface area contributed by atoms with Crippen molar-refractivity contribution in [1.29, 1.82) is 0 Å². The van der Waals surface area contributed by atoms with Crippen LogP contribution in [0.3, 0.4) is 0 Å². The summed E-state index contributed by atoms with van der Waals surface area (Å²) in [4.78, 5) is 24.6. The van der Waals surface area contributed by atoms with E-state index >= 15 is 0 Å². The van der Waals surface area contributed by atoms with Crippen LogP contribution in [0.25, 0.3) is 0 Å². The monoisotopic (exact) mass is 338 g/mol. The Morgan fingerprint density at radius 3 is 1.36 bits per heavy atom. The van der Waals surface area contributed by atoms with Crippen molar-refractivity contribution in [2.24, 2.45) is 0 Å². The highest BCUT2D eigenvalue weighted by atomic mass is 16.6. The molecule has 25 heavy (non-hydrogen) atoms. The van der Waals surface area contributed by atoms with Crippen molar-refractivity contribution in [2.45, 2.75) is 53.4 Å². The summed E-state index contributed by atoms with van der Waals surface area (Å²) >= 11 is 0. The van der Waals surface area contributed by atoms with Crippen LogP contribution < -0.4 is 0 Å². The van der Waals surface area contributed by atoms with E-state index in [1.54, 1.807) is 24.3 Å². The Balaban J connectivity index is 2.16. The van der Waals surface area contributed by atoms with Gasteiger partial charge in [0.25, 0.3) is 0 Å². The Morgan fingerprint density at radius 2 is 1.08 bits per heavy atom. The molecule has 132 valence electrons. The van der Waals surface area contributed by atoms with Gasteiger partial charge in [-0.2, -0.15) is 0 Å². The van der Waals surface area contributed by atoms with Gasteiger partial charge >= 0.3 is 11.9 Å². The molecular formula is C22H26O3. The average molecular weight is 338 g/mol. The van der Waals surface area contributed by atoms with Crippen LogP contribution in [0.1, 0.15) is 82.5 Å². The Hall–Kier alpha value is -2.42. The number of aryl methyl sites for hydroxylation is 2. The van der Waals surface area contributed by atoms with Crippen molar-refractivity contribution in [3.05, 3.63) is 69.8 Å². The lowest BCUT2D eigenvalue weighted by atomic mass is 9.96. The van der Waals surface area contributed by atoms with E-state index in [0.29, 0.717) is 23.0 Å². The van der Waals surface area contributed by atoms with E-state index in [4.69, 9.17) is 4.74 Å². The van der Waals surface area contributed by atoms with Gasteiger partial charge < -0.3 is 4.74 Å². The molecule has 0 atom stereocenters. The van der Waals surface area contributed by atoms with Crippen molar-refractivity contribution in [2.75, 3.05) is 0 Å². The maximum atomic E-state index is 12.3. The molecule has 2 aromatic carbocycles. The van der Waals surface area contributed by atoms with Crippen LogP contribution >= 0.6 is 0 Å². The zero-order valence-corrected chi connectivity index (χ0v) is 15.8. The van der Waals surface area contributed by atoms with Crippen LogP contribution in [0.5, 0.6) is 0 Å². The molecule has 0 aliphatic heterocycles. The summed E-state index contributed by atoms with van der Waals surface area (Å²) in [5.74, 6) is -0.466. The smallest absolute Gasteiger partial charge is 0.346 e. The SMILES string of the molecule is Cc1cc(C(=O)OC(=O)c2ccc(C(C)C)c(C)c2)ccc1C(C)C. The van der Waals surface area contributed by atoms with E-state index in [-0.39, 0.29) is 0 Å². The Kier molecular flexibility index (Phi) is 5.78. The zero-order chi connectivity index (χ0) is 18.7. The second kappa shape index (κ2) is 7.64. The minimum Gasteiger partial charge on any atom is -0.386 e. The molecule has 0 aliphatic rings. The molecule has 0 saturated heterocycles. The second-order valence-corrected chi connectivity index (χ2v) is 7.13. The third-order valence-electron chi connectivity index (χ3n) is 4.44. The number of hydrogen-bond acceptors (Lipinski definition) is 3. The first kappa shape index (κ1) is 18.9. The van der Waals surface area contributed by atoms with E-state index in [0.717, 1.165) is 11.1 Å². The molecule has 0 N–H and O–H groups in total. The third kappa shape index (κ3) is 4.36. The Bertz CT molecular complexity index is 733. The van der Waals surface area contributed by atoms with Crippen molar-refractivity contribution in [3.63, 3.8) is 0 Å². The van der Waals surface area contributed by atoms with Crippen LogP contribution in [0.4, 0.5) is 0 Å². The van der Waals surface area contributed by atoms with E-state index in [1.165, 1.54) is 11.1 Å². The molecule has 0 aliphatic carbocycles. The molecule has 0 bridgehead atoms. The number of rotatable bonds is 4. The highest BCUT2D eigenvalue weighted by Crippen LogP contribution is 2.22. The predicted octanol–water partition coefficient (Wildman–Crippen LogP) is 5.55. The maximum absolute atomic E-state index is 12.3. The number of ether oxygens (including phenoxy) is 1. The highest BCUT2D eigenvalue weighted by molar-refractivity contribution is 6.02. The summed E-state index contributed by atoms with van der Waals surface area (Å²) in [6.45, 7) is 12.3. The molecule has 2 rings (SSSR count). The molecule has 0 saturated carbocycles. The number of esters is 2. The molecule has 0 heterocycles. The highest BCUT2D eigenvalue weighted by Gasteiger charge is 2.17. The van der Waals surface area contributed by atoms with Gasteiger partial charge in [-0.25, -0.2) is 9.59 Å². The lowest BCUT2D eigenvalue weighted by molar-refractivity contribution is 0.0397. The second-order valence-electron chi connectivity index (χ2n) is 7.13. The standard InChI is InChI=1S/C22H26O3/c1-13(2)19-9-7-17(11-15(19)5)21(23)25-22(24)18-8-10-20(14(3)4)16(6)12-18/h7-14H,1-6H3. The predicted molar refractivity (Wildman–Crippen MR) is 100 cm³/mol. The summed E-state index contributed by atoms with van der Waals surface area (Å²) in [6, 6.07) is 10.8. The lowest BCUT2D eigenvalue weighted by Crippen LogP contribution is -2.13. The van der Waals surface area contributed by atoms with Gasteiger partial charge in [0.1, 0.15) is 0 Å². The van der Waals surface area contributed by atoms with Crippen LogP contribution in [-0.2, 0) is 4.74 Å². The lowest BCUT2D eigenvalue weighted by Gasteiger charge is -2.12. The fourth-order valence-corrected chi connectivity index (χ4v) is 3.10. The topological polar surface area (TPSA) is 43.4 Å². The summed E-state index contributed by atoms with van der Waals surface area (Å²) in [5.41, 5.74) is 5.20. The fourth-order valence-electron chi connectivity index (χ4n) is 3.10. The molecular weight excluding hydrogens is 312 g/mol. The quantitative estimate of drug-likeness (QED) is 0.542. The molecule has 0 spiro atoms. The van der Waals surface area contributed by atoms with E-state index in [9.17, 15) is 9.59 Å². The average Bonchev–Trinajstić information content (AvgIpc) is 2.53. The minimum atomic E-state index is -0.617. The number of carbonyl (C=O) groups excluding carboxylic acids is 2. The normalized spacial score (nSPS) is 11.0. The molecule has 2 aromatic rings. The van der Waals surface area contributed by atoms with Gasteiger partial charge in [0.15, 0.2) is 0 Å². The van der Waals surface area contributed by atoms with Crippen molar-refractivity contribution >= 4 is 11.9 Å². The van der Waals surface area contributed by atoms with Crippen molar-refractivity contribution in [1.82, 2.24) is 0 Å². The zero-order valence-electron chi connectivity index (χ0n) is 15.8. The molecule has 3 nitrogen and oxygen atoms in total. The largest absolute Gasteiger partial charge is 0.386 e. The first-order chi connectivity index (χ1) is 11.7. The van der Waals surface area contributed by atoms with Crippen molar-refractivity contribution in [3.8, 4) is 0 Å². The fraction of sp³-hybridized carbons (Fsp3) is 0.364. The van der Waals surface area contributed by atoms with Crippen molar-refractivity contribution < 1.29 is 14.3 Å². The number of benzene rings is 2.